The standard InChI is InChI=1S/C14H15Cl2N5O2/c1-17-13-18-12(16)19-14(20-13)21(7-3-6-11(22)23)10-5-2-4-9(15)8-10/h2,4-5,8H,3,6-7H2,1H3,(H,22,23)(H,17,18,19,20). The van der Waals surface area contributed by atoms with E-state index in [0.717, 1.165) is 5.69 Å². The Labute approximate surface area is 143 Å². The molecule has 0 bridgehead atoms. The van der Waals surface area contributed by atoms with E-state index < -0.39 is 5.97 Å². The van der Waals surface area contributed by atoms with Gasteiger partial charge in [0.1, 0.15) is 0 Å². The van der Waals surface area contributed by atoms with Crippen molar-refractivity contribution in [1.82, 2.24) is 15.0 Å². The van der Waals surface area contributed by atoms with E-state index in [1.807, 2.05) is 6.07 Å². The third-order valence-corrected chi connectivity index (χ3v) is 3.36. The normalized spacial score (nSPS) is 10.4. The number of carboxylic acids is 1. The molecule has 23 heavy (non-hydrogen) atoms. The average Bonchev–Trinajstić information content (AvgIpc) is 2.50. The molecule has 122 valence electrons. The van der Waals surface area contributed by atoms with Gasteiger partial charge >= 0.3 is 5.97 Å². The van der Waals surface area contributed by atoms with Crippen molar-refractivity contribution in [3.05, 3.63) is 34.6 Å². The van der Waals surface area contributed by atoms with Gasteiger partial charge in [-0.25, -0.2) is 0 Å². The molecule has 1 aromatic heterocycles. The number of aromatic nitrogens is 3. The van der Waals surface area contributed by atoms with Crippen LogP contribution in [0.1, 0.15) is 12.8 Å². The molecule has 9 heteroatoms. The summed E-state index contributed by atoms with van der Waals surface area (Å²) >= 11 is 12.0. The lowest BCUT2D eigenvalue weighted by atomic mass is 10.2. The zero-order chi connectivity index (χ0) is 16.8. The summed E-state index contributed by atoms with van der Waals surface area (Å²) < 4.78 is 0. The van der Waals surface area contributed by atoms with Crippen LogP contribution in [0.15, 0.2) is 24.3 Å². The minimum Gasteiger partial charge on any atom is -0.481 e. The molecule has 0 saturated carbocycles. The summed E-state index contributed by atoms with van der Waals surface area (Å²) in [6.07, 6.45) is 0.453. The lowest BCUT2D eigenvalue weighted by molar-refractivity contribution is -0.137. The summed E-state index contributed by atoms with van der Waals surface area (Å²) in [6, 6.07) is 7.13. The molecule has 0 amide bonds. The minimum absolute atomic E-state index is 0.0365. The van der Waals surface area contributed by atoms with Crippen molar-refractivity contribution in [2.24, 2.45) is 0 Å². The van der Waals surface area contributed by atoms with E-state index in [1.54, 1.807) is 30.1 Å². The number of benzene rings is 1. The molecule has 2 N–H and O–H groups in total. The first-order valence-electron chi connectivity index (χ1n) is 6.84. The van der Waals surface area contributed by atoms with Gasteiger partial charge in [-0.3, -0.25) is 4.79 Å². The van der Waals surface area contributed by atoms with Gasteiger partial charge in [0.25, 0.3) is 0 Å². The highest BCUT2D eigenvalue weighted by Gasteiger charge is 2.15. The molecule has 1 heterocycles. The highest BCUT2D eigenvalue weighted by Crippen LogP contribution is 2.26. The fourth-order valence-corrected chi connectivity index (χ4v) is 2.29. The van der Waals surface area contributed by atoms with Crippen molar-refractivity contribution in [2.75, 3.05) is 23.8 Å². The van der Waals surface area contributed by atoms with Crippen molar-refractivity contribution in [2.45, 2.75) is 12.8 Å². The Balaban J connectivity index is 2.36. The molecule has 0 unspecified atom stereocenters. The van der Waals surface area contributed by atoms with Gasteiger partial charge in [-0.2, -0.15) is 15.0 Å². The lowest BCUT2D eigenvalue weighted by Crippen LogP contribution is -2.22. The number of aliphatic carboxylic acids is 1. The summed E-state index contributed by atoms with van der Waals surface area (Å²) in [5.74, 6) is -0.215. The van der Waals surface area contributed by atoms with Crippen molar-refractivity contribution in [1.29, 1.82) is 0 Å². The maximum absolute atomic E-state index is 10.8. The predicted molar refractivity (Wildman–Crippen MR) is 89.7 cm³/mol. The first kappa shape index (κ1) is 17.2. The van der Waals surface area contributed by atoms with E-state index in [0.29, 0.717) is 29.9 Å². The molecule has 2 aromatic rings. The second kappa shape index (κ2) is 7.94. The molecule has 0 fully saturated rings. The van der Waals surface area contributed by atoms with E-state index in [2.05, 4.69) is 20.3 Å². The monoisotopic (exact) mass is 355 g/mol. The number of carboxylic acid groups (broad SMARTS) is 1. The number of hydrogen-bond acceptors (Lipinski definition) is 6. The van der Waals surface area contributed by atoms with Crippen LogP contribution in [0.3, 0.4) is 0 Å². The van der Waals surface area contributed by atoms with E-state index in [9.17, 15) is 4.79 Å². The molecule has 0 radical (unpaired) electrons. The van der Waals surface area contributed by atoms with Gasteiger partial charge in [0, 0.05) is 30.7 Å². The number of carbonyl (C=O) groups is 1. The van der Waals surface area contributed by atoms with Crippen molar-refractivity contribution >= 4 is 46.8 Å². The van der Waals surface area contributed by atoms with Gasteiger partial charge in [-0.15, -0.1) is 0 Å². The predicted octanol–water partition coefficient (Wildman–Crippen LogP) is 3.22. The van der Waals surface area contributed by atoms with Crippen molar-refractivity contribution in [3.63, 3.8) is 0 Å². The highest BCUT2D eigenvalue weighted by molar-refractivity contribution is 6.30. The topological polar surface area (TPSA) is 91.2 Å². The summed E-state index contributed by atoms with van der Waals surface area (Å²) in [5, 5.41) is 12.2. The third kappa shape index (κ3) is 4.94. The fraction of sp³-hybridized carbons (Fsp3) is 0.286. The second-order valence-electron chi connectivity index (χ2n) is 4.61. The van der Waals surface area contributed by atoms with Crippen LogP contribution in [0.2, 0.25) is 10.3 Å². The van der Waals surface area contributed by atoms with Crippen LogP contribution >= 0.6 is 23.2 Å². The molecule has 2 rings (SSSR count). The van der Waals surface area contributed by atoms with E-state index in [1.165, 1.54) is 0 Å². The Morgan fingerprint density at radius 3 is 2.74 bits per heavy atom. The van der Waals surface area contributed by atoms with Crippen LogP contribution in [0.5, 0.6) is 0 Å². The first-order chi connectivity index (χ1) is 11.0. The number of nitrogens with zero attached hydrogens (tertiary/aromatic N) is 4. The van der Waals surface area contributed by atoms with Gasteiger partial charge in [0.2, 0.25) is 17.2 Å². The number of halogens is 2. The summed E-state index contributed by atoms with van der Waals surface area (Å²) in [6.45, 7) is 0.399. The van der Waals surface area contributed by atoms with Crippen molar-refractivity contribution in [3.8, 4) is 0 Å². The molecular weight excluding hydrogens is 341 g/mol. The maximum Gasteiger partial charge on any atom is 0.303 e. The average molecular weight is 356 g/mol. The molecular formula is C14H15Cl2N5O2. The van der Waals surface area contributed by atoms with E-state index in [-0.39, 0.29) is 11.7 Å². The molecule has 7 nitrogen and oxygen atoms in total. The molecule has 0 aliphatic carbocycles. The zero-order valence-corrected chi connectivity index (χ0v) is 13.8. The molecule has 0 aliphatic rings. The molecule has 0 spiro atoms. The van der Waals surface area contributed by atoms with Crippen LogP contribution in [0, 0.1) is 0 Å². The highest BCUT2D eigenvalue weighted by atomic mass is 35.5. The minimum atomic E-state index is -0.861. The second-order valence-corrected chi connectivity index (χ2v) is 5.38. The van der Waals surface area contributed by atoms with Crippen molar-refractivity contribution < 1.29 is 9.90 Å². The molecule has 0 saturated heterocycles. The van der Waals surface area contributed by atoms with E-state index in [4.69, 9.17) is 28.3 Å². The number of rotatable bonds is 7. The Morgan fingerprint density at radius 2 is 2.09 bits per heavy atom. The van der Waals surface area contributed by atoms with Gasteiger partial charge in [-0.1, -0.05) is 17.7 Å². The summed E-state index contributed by atoms with van der Waals surface area (Å²) in [4.78, 5) is 24.8. The van der Waals surface area contributed by atoms with Gasteiger partial charge in [0.15, 0.2) is 0 Å². The first-order valence-corrected chi connectivity index (χ1v) is 7.59. The SMILES string of the molecule is CNc1nc(Cl)nc(N(CCCC(=O)O)c2cccc(Cl)c2)n1. The number of hydrogen-bond donors (Lipinski definition) is 2. The molecule has 0 atom stereocenters. The quantitative estimate of drug-likeness (QED) is 0.787. The summed E-state index contributed by atoms with van der Waals surface area (Å²) in [5.41, 5.74) is 0.743. The van der Waals surface area contributed by atoms with Crippen LogP contribution in [-0.2, 0) is 4.79 Å². The van der Waals surface area contributed by atoms with Gasteiger partial charge in [0.05, 0.1) is 0 Å². The fourth-order valence-electron chi connectivity index (χ4n) is 1.95. The van der Waals surface area contributed by atoms with Gasteiger partial charge < -0.3 is 15.3 Å². The number of anilines is 3. The Morgan fingerprint density at radius 1 is 1.30 bits per heavy atom. The maximum atomic E-state index is 10.8. The van der Waals surface area contributed by atoms with E-state index >= 15 is 0 Å². The zero-order valence-electron chi connectivity index (χ0n) is 12.3. The van der Waals surface area contributed by atoms with Crippen LogP contribution in [0.25, 0.3) is 0 Å². The Kier molecular flexibility index (Phi) is 5.95. The molecule has 0 aliphatic heterocycles. The van der Waals surface area contributed by atoms with Gasteiger partial charge in [-0.05, 0) is 36.2 Å². The van der Waals surface area contributed by atoms with Crippen LogP contribution in [0.4, 0.5) is 17.6 Å². The Hall–Kier alpha value is -2.12. The largest absolute Gasteiger partial charge is 0.481 e. The number of nitrogens with one attached hydrogen (secondary N) is 1. The van der Waals surface area contributed by atoms with Crippen LogP contribution in [-0.4, -0.2) is 39.6 Å². The summed E-state index contributed by atoms with van der Waals surface area (Å²) in [7, 11) is 1.67. The Bertz CT molecular complexity index is 699. The lowest BCUT2D eigenvalue weighted by Gasteiger charge is -2.23. The molecule has 1 aromatic carbocycles. The third-order valence-electron chi connectivity index (χ3n) is 2.95. The smallest absolute Gasteiger partial charge is 0.303 e. The van der Waals surface area contributed by atoms with Crippen LogP contribution < -0.4 is 10.2 Å².